The molecule has 0 aromatic heterocycles. The molecule has 22 heavy (non-hydrogen) atoms. The molecule has 0 nitrogen and oxygen atoms in total. The quantitative estimate of drug-likeness (QED) is 0.561. The number of benzene rings is 2. The van der Waals surface area contributed by atoms with Crippen LogP contribution in [0.2, 0.25) is 19.6 Å². The van der Waals surface area contributed by atoms with Gasteiger partial charge in [-0.05, 0) is 6.42 Å². The molecule has 3 rings (SSSR count). The molecule has 2 aromatic rings. The van der Waals surface area contributed by atoms with E-state index < -0.39 is 8.07 Å². The fourth-order valence-corrected chi connectivity index (χ4v) is 5.74. The molecule has 1 aliphatic carbocycles. The van der Waals surface area contributed by atoms with Gasteiger partial charge in [-0.25, -0.2) is 0 Å². The molecule has 0 heterocycles. The van der Waals surface area contributed by atoms with E-state index in [4.69, 9.17) is 0 Å². The first-order valence-electron chi connectivity index (χ1n) is 7.60. The summed E-state index contributed by atoms with van der Waals surface area (Å²) in [7, 11) is -0.926. The molecular formula is C20H24PtSi. The average Bonchev–Trinajstić information content (AvgIpc) is 3.04. The summed E-state index contributed by atoms with van der Waals surface area (Å²) in [5.41, 5.74) is 0. The molecule has 0 fully saturated rings. The van der Waals surface area contributed by atoms with E-state index >= 15 is 0 Å². The van der Waals surface area contributed by atoms with Crippen LogP contribution in [0.3, 0.4) is 0 Å². The predicted octanol–water partition coefficient (Wildman–Crippen LogP) is 4.47. The zero-order valence-corrected chi connectivity index (χ0v) is 16.8. The maximum absolute atomic E-state index is 2.39. The van der Waals surface area contributed by atoms with E-state index in [1.54, 1.807) is 5.20 Å². The van der Waals surface area contributed by atoms with Crippen LogP contribution in [0, 0.1) is 0 Å². The van der Waals surface area contributed by atoms with E-state index in [2.05, 4.69) is 98.5 Å². The van der Waals surface area contributed by atoms with Gasteiger partial charge in [-0.3, -0.25) is 0 Å². The van der Waals surface area contributed by atoms with Crippen LogP contribution in [-0.4, -0.2) is 8.07 Å². The van der Waals surface area contributed by atoms with E-state index in [0.717, 1.165) is 0 Å². The summed E-state index contributed by atoms with van der Waals surface area (Å²) in [5, 5.41) is 1.68. The van der Waals surface area contributed by atoms with Crippen molar-refractivity contribution in [3.05, 3.63) is 84.1 Å². The van der Waals surface area contributed by atoms with E-state index in [1.165, 1.54) is 14.3 Å². The third kappa shape index (κ3) is 5.91. The first-order chi connectivity index (χ1) is 10.6. The number of hydrogen-bond acceptors (Lipinski definition) is 0. The fraction of sp³-hybridized carbons (Fsp3) is 0.200. The van der Waals surface area contributed by atoms with Crippen molar-refractivity contribution in [1.82, 2.24) is 0 Å². The van der Waals surface area contributed by atoms with Crippen LogP contribution in [0.15, 0.2) is 84.1 Å². The van der Waals surface area contributed by atoms with Gasteiger partial charge >= 0.3 is 87.1 Å². The van der Waals surface area contributed by atoms with Crippen LogP contribution in [0.25, 0.3) is 0 Å². The van der Waals surface area contributed by atoms with Crippen molar-refractivity contribution in [3.63, 3.8) is 0 Å². The van der Waals surface area contributed by atoms with Crippen molar-refractivity contribution >= 4 is 16.0 Å². The molecule has 0 atom stereocenters. The topological polar surface area (TPSA) is 0 Å². The monoisotopic (exact) mass is 487 g/mol. The van der Waals surface area contributed by atoms with Crippen molar-refractivity contribution in [2.45, 2.75) is 26.1 Å². The zero-order valence-electron chi connectivity index (χ0n) is 13.5. The molecule has 0 bridgehead atoms. The first-order valence-corrected chi connectivity index (χ1v) is 13.4. The van der Waals surface area contributed by atoms with E-state index in [1.807, 2.05) is 0 Å². The molecular weight excluding hydrogens is 463 g/mol. The van der Waals surface area contributed by atoms with Crippen molar-refractivity contribution < 1.29 is 18.6 Å². The molecule has 0 amide bonds. The van der Waals surface area contributed by atoms with Crippen LogP contribution in [0.4, 0.5) is 0 Å². The summed E-state index contributed by atoms with van der Waals surface area (Å²) >= 11 is 0.0186. The molecule has 0 saturated carbocycles. The second kappa shape index (κ2) is 8.46. The number of rotatable bonds is 3. The standard InChI is InChI=1S/C8H14Si.2C6H5.Pt/c1-9(2,3)8-6-4-5-7-8;2*1-2-4-6-5-3-1;/h4-6H,7H2,1-3H3;2*1-5H;. The first kappa shape index (κ1) is 17.2. The second-order valence-corrected chi connectivity index (χ2v) is 14.5. The predicted molar refractivity (Wildman–Crippen MR) is 97.3 cm³/mol. The molecule has 118 valence electrons. The Kier molecular flexibility index (Phi) is 6.60. The Morgan fingerprint density at radius 2 is 1.27 bits per heavy atom. The molecule has 0 radical (unpaired) electrons. The Labute approximate surface area is 144 Å². The van der Waals surface area contributed by atoms with Gasteiger partial charge in [0, 0.05) is 0 Å². The minimum absolute atomic E-state index is 0.0186. The van der Waals surface area contributed by atoms with E-state index in [-0.39, 0.29) is 18.6 Å². The summed E-state index contributed by atoms with van der Waals surface area (Å²) in [4.78, 5) is 0. The second-order valence-electron chi connectivity index (χ2n) is 6.17. The maximum atomic E-state index is 2.39. The van der Waals surface area contributed by atoms with Crippen molar-refractivity contribution in [1.29, 1.82) is 0 Å². The van der Waals surface area contributed by atoms with Gasteiger partial charge in [-0.1, -0.05) is 43.1 Å². The van der Waals surface area contributed by atoms with Crippen LogP contribution >= 0.6 is 0 Å². The third-order valence-corrected chi connectivity index (χ3v) is 8.47. The van der Waals surface area contributed by atoms with Crippen molar-refractivity contribution in [3.8, 4) is 0 Å². The van der Waals surface area contributed by atoms with Gasteiger partial charge in [0.2, 0.25) is 0 Å². The van der Waals surface area contributed by atoms with Gasteiger partial charge in [-0.15, -0.1) is 0 Å². The van der Waals surface area contributed by atoms with Crippen molar-refractivity contribution in [2.24, 2.45) is 0 Å². The molecule has 1 aliphatic rings. The average molecular weight is 488 g/mol. The SMILES string of the molecule is C[Si](C)(C)C1=CC=CC1.c1cc[c]([Pt][c]2ccccc2)cc1. The van der Waals surface area contributed by atoms with Gasteiger partial charge < -0.3 is 0 Å². The van der Waals surface area contributed by atoms with Gasteiger partial charge in [0.1, 0.15) is 0 Å². The minimum atomic E-state index is -0.926. The summed E-state index contributed by atoms with van der Waals surface area (Å²) in [6.45, 7) is 7.18. The van der Waals surface area contributed by atoms with Crippen LogP contribution in [-0.2, 0) is 18.6 Å². The number of allylic oxidation sites excluding steroid dienone is 4. The Hall–Kier alpha value is -1.17. The van der Waals surface area contributed by atoms with Crippen LogP contribution < -0.4 is 7.91 Å². The summed E-state index contributed by atoms with van der Waals surface area (Å²) in [6, 6.07) is 21.4. The molecule has 0 unspecified atom stereocenters. The summed E-state index contributed by atoms with van der Waals surface area (Å²) < 4.78 is 2.96. The van der Waals surface area contributed by atoms with E-state index in [9.17, 15) is 0 Å². The fourth-order valence-electron chi connectivity index (χ4n) is 2.02. The summed E-state index contributed by atoms with van der Waals surface area (Å²) in [5.74, 6) is 0. The molecule has 0 aliphatic heterocycles. The summed E-state index contributed by atoms with van der Waals surface area (Å²) in [6.07, 6.45) is 7.92. The molecule has 0 saturated heterocycles. The Morgan fingerprint density at radius 3 is 1.59 bits per heavy atom. The normalized spacial score (nSPS) is 13.5. The molecule has 0 N–H and O–H groups in total. The van der Waals surface area contributed by atoms with Crippen molar-refractivity contribution in [2.75, 3.05) is 0 Å². The third-order valence-electron chi connectivity index (χ3n) is 3.34. The van der Waals surface area contributed by atoms with E-state index in [0.29, 0.717) is 0 Å². The Morgan fingerprint density at radius 1 is 0.773 bits per heavy atom. The molecule has 2 heteroatoms. The number of hydrogen-bond donors (Lipinski definition) is 0. The Balaban J connectivity index is 0.000000172. The van der Waals surface area contributed by atoms with Crippen LogP contribution in [0.1, 0.15) is 6.42 Å². The van der Waals surface area contributed by atoms with Gasteiger partial charge in [0.05, 0.1) is 8.07 Å². The van der Waals surface area contributed by atoms with Crippen LogP contribution in [0.5, 0.6) is 0 Å². The molecule has 2 aromatic carbocycles. The van der Waals surface area contributed by atoms with Gasteiger partial charge in [0.15, 0.2) is 0 Å². The van der Waals surface area contributed by atoms with Gasteiger partial charge in [-0.2, -0.15) is 0 Å². The van der Waals surface area contributed by atoms with Gasteiger partial charge in [0.25, 0.3) is 0 Å². The molecule has 0 spiro atoms. The zero-order chi connectivity index (χ0) is 15.8. The Bertz CT molecular complexity index is 584.